The molecule has 182 valence electrons. The molecule has 0 saturated heterocycles. The smallest absolute Gasteiger partial charge is 0.257 e. The van der Waals surface area contributed by atoms with E-state index in [9.17, 15) is 13.2 Å². The van der Waals surface area contributed by atoms with Gasteiger partial charge in [-0.05, 0) is 25.0 Å². The number of sulfonamides is 1. The van der Waals surface area contributed by atoms with Gasteiger partial charge in [-0.2, -0.15) is 0 Å². The average Bonchev–Trinajstić information content (AvgIpc) is 3.26. The van der Waals surface area contributed by atoms with Crippen LogP contribution in [-0.2, 0) is 21.3 Å². The molecule has 0 fully saturated rings. The number of carbonyl (C=O) groups excluding carboxylic acids is 1. The molecular weight excluding hydrogens is 464 g/mol. The summed E-state index contributed by atoms with van der Waals surface area (Å²) in [7, 11) is -0.0667. The Morgan fingerprint density at radius 2 is 2.06 bits per heavy atom. The quantitative estimate of drug-likeness (QED) is 0.679. The normalized spacial score (nSPS) is 23.2. The van der Waals surface area contributed by atoms with E-state index in [4.69, 9.17) is 9.47 Å². The molecule has 1 aromatic carbocycles. The van der Waals surface area contributed by atoms with Crippen LogP contribution in [-0.4, -0.2) is 81.4 Å². The number of aromatic nitrogens is 1. The molecule has 3 atom stereocenters. The van der Waals surface area contributed by atoms with Gasteiger partial charge < -0.3 is 14.4 Å². The Balaban J connectivity index is 1.96. The van der Waals surface area contributed by atoms with Crippen molar-refractivity contribution in [3.8, 4) is 5.75 Å². The van der Waals surface area contributed by atoms with Crippen molar-refractivity contribution >= 4 is 33.0 Å². The molecule has 0 aliphatic carbocycles. The van der Waals surface area contributed by atoms with E-state index in [1.165, 1.54) is 0 Å². The minimum atomic E-state index is -3.46. The number of hydrogen-bond donors (Lipinski definition) is 1. The maximum Gasteiger partial charge on any atom is 0.257 e. The Morgan fingerprint density at radius 1 is 1.30 bits per heavy atom. The first-order chi connectivity index (χ1) is 15.6. The summed E-state index contributed by atoms with van der Waals surface area (Å²) in [6.07, 6.45) is 2.73. The summed E-state index contributed by atoms with van der Waals surface area (Å²) in [6.45, 7) is 6.35. The molecule has 1 aliphatic heterocycles. The highest BCUT2D eigenvalue weighted by Crippen LogP contribution is 2.27. The Labute approximate surface area is 199 Å². The van der Waals surface area contributed by atoms with Crippen molar-refractivity contribution in [3.63, 3.8) is 0 Å². The van der Waals surface area contributed by atoms with Crippen LogP contribution < -0.4 is 9.46 Å². The number of fused-ring (bicyclic) bond motifs is 1. The number of amides is 1. The molecule has 1 N–H and O–H groups in total. The van der Waals surface area contributed by atoms with E-state index >= 15 is 0 Å². The zero-order valence-electron chi connectivity index (χ0n) is 19.6. The molecule has 9 nitrogen and oxygen atoms in total. The molecule has 1 amide bonds. The number of nitrogens with one attached hydrogen (secondary N) is 1. The number of anilines is 1. The Kier molecular flexibility index (Phi) is 8.33. The molecule has 0 radical (unpaired) electrons. The summed E-state index contributed by atoms with van der Waals surface area (Å²) in [5, 5.41) is 2.98. The van der Waals surface area contributed by atoms with Gasteiger partial charge in [0.1, 0.15) is 17.4 Å². The van der Waals surface area contributed by atoms with E-state index in [2.05, 4.69) is 28.5 Å². The molecule has 2 heterocycles. The molecule has 0 spiro atoms. The van der Waals surface area contributed by atoms with Gasteiger partial charge in [0.15, 0.2) is 0 Å². The Hall–Kier alpha value is -2.21. The van der Waals surface area contributed by atoms with Gasteiger partial charge in [0.2, 0.25) is 10.0 Å². The lowest BCUT2D eigenvalue weighted by molar-refractivity contribution is 0.00921. The van der Waals surface area contributed by atoms with Crippen LogP contribution in [0.3, 0.4) is 0 Å². The summed E-state index contributed by atoms with van der Waals surface area (Å²) in [4.78, 5) is 21.6. The van der Waals surface area contributed by atoms with Crippen molar-refractivity contribution in [1.82, 2.24) is 14.8 Å². The van der Waals surface area contributed by atoms with Gasteiger partial charge in [-0.1, -0.05) is 6.92 Å². The van der Waals surface area contributed by atoms with Gasteiger partial charge in [0.25, 0.3) is 5.91 Å². The van der Waals surface area contributed by atoms with Crippen LogP contribution in [0.15, 0.2) is 29.8 Å². The second kappa shape index (κ2) is 10.8. The van der Waals surface area contributed by atoms with Crippen molar-refractivity contribution < 1.29 is 22.7 Å². The summed E-state index contributed by atoms with van der Waals surface area (Å²) >= 11 is 1.61. The zero-order valence-corrected chi connectivity index (χ0v) is 21.3. The fraction of sp³-hybridized carbons (Fsp3) is 0.545. The topological polar surface area (TPSA) is 101 Å². The highest BCUT2D eigenvalue weighted by atomic mass is 32.2. The lowest BCUT2D eigenvalue weighted by Crippen LogP contribution is -2.46. The van der Waals surface area contributed by atoms with Gasteiger partial charge in [0, 0.05) is 50.9 Å². The monoisotopic (exact) mass is 496 g/mol. The fourth-order valence-electron chi connectivity index (χ4n) is 3.85. The first kappa shape index (κ1) is 25.4. The third kappa shape index (κ3) is 6.89. The van der Waals surface area contributed by atoms with E-state index < -0.39 is 10.0 Å². The molecule has 1 aliphatic rings. The van der Waals surface area contributed by atoms with Gasteiger partial charge in [-0.25, -0.2) is 13.4 Å². The minimum absolute atomic E-state index is 0.0143. The number of methoxy groups -OCH3 is 1. The fourth-order valence-corrected chi connectivity index (χ4v) is 5.05. The predicted molar refractivity (Wildman–Crippen MR) is 129 cm³/mol. The van der Waals surface area contributed by atoms with E-state index in [-0.39, 0.29) is 24.0 Å². The molecule has 0 unspecified atom stereocenters. The highest BCUT2D eigenvalue weighted by Gasteiger charge is 2.28. The van der Waals surface area contributed by atoms with Crippen molar-refractivity contribution in [2.75, 3.05) is 44.8 Å². The zero-order chi connectivity index (χ0) is 24.2. The number of thiazole rings is 1. The maximum absolute atomic E-state index is 13.2. The van der Waals surface area contributed by atoms with E-state index in [0.717, 1.165) is 17.8 Å². The second-order valence-corrected chi connectivity index (χ2v) is 11.3. The molecule has 1 aromatic heterocycles. The van der Waals surface area contributed by atoms with Crippen LogP contribution in [0.2, 0.25) is 0 Å². The number of rotatable bonds is 5. The summed E-state index contributed by atoms with van der Waals surface area (Å²) in [6, 6.07) is 4.73. The molecule has 33 heavy (non-hydrogen) atoms. The molecule has 0 saturated carbocycles. The standard InChI is InChI=1S/C22H32N4O5S2/c1-15-11-26(13-21-23-8-9-32-21)16(2)14-31-19-10-17(24-33(5,28)29)6-7-18(19)22(27)25(3)12-20(15)30-4/h6-10,15-16,20,24H,11-14H2,1-5H3/t15-,16-,20-/m1/s1. The van der Waals surface area contributed by atoms with Crippen LogP contribution >= 0.6 is 11.3 Å². The number of benzene rings is 1. The molecule has 0 bridgehead atoms. The number of nitrogens with zero attached hydrogens (tertiary/aromatic N) is 3. The van der Waals surface area contributed by atoms with Crippen molar-refractivity contribution in [1.29, 1.82) is 0 Å². The molecule has 3 rings (SSSR count). The summed E-state index contributed by atoms with van der Waals surface area (Å²) in [5.74, 6) is 0.287. The SMILES string of the molecule is CO[C@@H]1CN(C)C(=O)c2ccc(NS(C)(=O)=O)cc2OC[C@@H](C)N(Cc2nccs2)C[C@H]1C. The van der Waals surface area contributed by atoms with Gasteiger partial charge in [0.05, 0.1) is 30.2 Å². The molecular formula is C22H32N4O5S2. The third-order valence-electron chi connectivity index (χ3n) is 5.70. The predicted octanol–water partition coefficient (Wildman–Crippen LogP) is 2.52. The number of carbonyl (C=O) groups is 1. The lowest BCUT2D eigenvalue weighted by Gasteiger charge is -2.35. The highest BCUT2D eigenvalue weighted by molar-refractivity contribution is 7.92. The number of ether oxygens (including phenoxy) is 2. The van der Waals surface area contributed by atoms with E-state index in [1.807, 2.05) is 5.38 Å². The van der Waals surface area contributed by atoms with E-state index in [0.29, 0.717) is 36.7 Å². The van der Waals surface area contributed by atoms with Crippen molar-refractivity contribution in [2.45, 2.75) is 32.5 Å². The lowest BCUT2D eigenvalue weighted by atomic mass is 10.0. The van der Waals surface area contributed by atoms with Crippen molar-refractivity contribution in [3.05, 3.63) is 40.3 Å². The Morgan fingerprint density at radius 3 is 2.70 bits per heavy atom. The van der Waals surface area contributed by atoms with Gasteiger partial charge >= 0.3 is 0 Å². The van der Waals surface area contributed by atoms with Crippen LogP contribution in [0.5, 0.6) is 5.75 Å². The van der Waals surface area contributed by atoms with Crippen LogP contribution in [0.1, 0.15) is 29.2 Å². The molecule has 2 aromatic rings. The first-order valence-electron chi connectivity index (χ1n) is 10.7. The first-order valence-corrected chi connectivity index (χ1v) is 13.5. The van der Waals surface area contributed by atoms with Gasteiger partial charge in [-0.15, -0.1) is 11.3 Å². The number of hydrogen-bond acceptors (Lipinski definition) is 8. The number of likely N-dealkylation sites (N-methyl/N-ethyl adjacent to an activating group) is 1. The molecule has 11 heteroatoms. The minimum Gasteiger partial charge on any atom is -0.491 e. The maximum atomic E-state index is 13.2. The second-order valence-electron chi connectivity index (χ2n) is 8.54. The summed E-state index contributed by atoms with van der Waals surface area (Å²) in [5.41, 5.74) is 0.716. The van der Waals surface area contributed by atoms with Gasteiger partial charge in [-0.3, -0.25) is 14.4 Å². The van der Waals surface area contributed by atoms with Crippen LogP contribution in [0.4, 0.5) is 5.69 Å². The van der Waals surface area contributed by atoms with Crippen molar-refractivity contribution in [2.24, 2.45) is 5.92 Å². The van der Waals surface area contributed by atoms with E-state index in [1.54, 1.807) is 54.8 Å². The third-order valence-corrected chi connectivity index (χ3v) is 7.07. The largest absolute Gasteiger partial charge is 0.491 e. The average molecular weight is 497 g/mol. The van der Waals surface area contributed by atoms with Crippen LogP contribution in [0, 0.1) is 5.92 Å². The summed E-state index contributed by atoms with van der Waals surface area (Å²) < 4.78 is 37.7. The Bertz CT molecular complexity index is 1050. The van der Waals surface area contributed by atoms with Crippen LogP contribution in [0.25, 0.3) is 0 Å².